The van der Waals surface area contributed by atoms with E-state index in [1.807, 2.05) is 6.92 Å². The lowest BCUT2D eigenvalue weighted by Crippen LogP contribution is -2.73. The highest BCUT2D eigenvalue weighted by atomic mass is 35.5. The number of ketones is 1. The first-order chi connectivity index (χ1) is 18.2. The number of aliphatic hydroxyl groups excluding tert-OH is 1. The number of nitrogens with zero attached hydrogens (tertiary/aromatic N) is 4. The van der Waals surface area contributed by atoms with Crippen LogP contribution >= 0.6 is 11.6 Å². The molecule has 13 heteroatoms. The maximum Gasteiger partial charge on any atom is 0.211 e. The molecule has 0 aliphatic carbocycles. The van der Waals surface area contributed by atoms with Crippen LogP contribution in [-0.2, 0) is 14.8 Å². The minimum absolute atomic E-state index is 0.0805. The number of anilines is 1. The Morgan fingerprint density at radius 1 is 1.26 bits per heavy atom. The number of halogens is 1. The van der Waals surface area contributed by atoms with Gasteiger partial charge in [0.25, 0.3) is 0 Å². The molecule has 4 N–H and O–H groups in total. The van der Waals surface area contributed by atoms with Gasteiger partial charge in [-0.2, -0.15) is 0 Å². The van der Waals surface area contributed by atoms with Gasteiger partial charge in [-0.05, 0) is 46.0 Å². The summed E-state index contributed by atoms with van der Waals surface area (Å²) in [5, 5.41) is 13.3. The van der Waals surface area contributed by atoms with Crippen LogP contribution < -0.4 is 20.7 Å². The average Bonchev–Trinajstić information content (AvgIpc) is 2.77. The summed E-state index contributed by atoms with van der Waals surface area (Å²) in [6.45, 7) is 7.59. The molecule has 0 unspecified atom stereocenters. The number of carbonyl (C=O) groups is 1. The second-order valence-electron chi connectivity index (χ2n) is 10.5. The number of rotatable bonds is 10. The zero-order chi connectivity index (χ0) is 28.7. The van der Waals surface area contributed by atoms with Gasteiger partial charge in [0, 0.05) is 55.0 Å². The van der Waals surface area contributed by atoms with E-state index in [1.54, 1.807) is 32.2 Å². The Morgan fingerprint density at radius 3 is 2.49 bits per heavy atom. The third-order valence-electron chi connectivity index (χ3n) is 7.01. The molecule has 212 valence electrons. The number of ether oxygens (including phenoxy) is 1. The van der Waals surface area contributed by atoms with Gasteiger partial charge in [0.05, 0.1) is 22.5 Å². The van der Waals surface area contributed by atoms with E-state index in [4.69, 9.17) is 32.0 Å². The number of aromatic nitrogens is 2. The summed E-state index contributed by atoms with van der Waals surface area (Å²) in [4.78, 5) is 24.3. The van der Waals surface area contributed by atoms with Crippen molar-refractivity contribution < 1.29 is 23.1 Å². The second-order valence-corrected chi connectivity index (χ2v) is 12.9. The van der Waals surface area contributed by atoms with E-state index in [0.29, 0.717) is 83.2 Å². The summed E-state index contributed by atoms with van der Waals surface area (Å²) in [7, 11) is -1.48. The fraction of sp³-hybridized carbons (Fsp3) is 0.500. The number of nitrogens with two attached hydrogens (primary N) is 1. The van der Waals surface area contributed by atoms with Crippen molar-refractivity contribution in [3.05, 3.63) is 40.2 Å². The first kappa shape index (κ1) is 29.2. The Morgan fingerprint density at radius 2 is 1.92 bits per heavy atom. The SMILES string of the molecule is CNC[C@@H](O)COc1ccc(Cl)c(-c2nc(C(C(C)=O)=C(C)N)c(C)c(N3CC4(C3)CN(S(C)(=O)=O)C4)n2)c1. The van der Waals surface area contributed by atoms with Crippen LogP contribution in [0.25, 0.3) is 17.0 Å². The number of aliphatic hydroxyl groups is 1. The largest absolute Gasteiger partial charge is 0.491 e. The van der Waals surface area contributed by atoms with Gasteiger partial charge in [-0.15, -0.1) is 0 Å². The van der Waals surface area contributed by atoms with Gasteiger partial charge in [-0.25, -0.2) is 22.7 Å². The molecule has 2 aliphatic heterocycles. The molecule has 0 radical (unpaired) electrons. The summed E-state index contributed by atoms with van der Waals surface area (Å²) in [5.41, 5.74) is 8.26. The van der Waals surface area contributed by atoms with Crippen LogP contribution in [0, 0.1) is 12.3 Å². The van der Waals surface area contributed by atoms with E-state index < -0.39 is 16.1 Å². The number of carbonyl (C=O) groups excluding carboxylic acids is 1. The van der Waals surface area contributed by atoms with Gasteiger partial charge >= 0.3 is 0 Å². The van der Waals surface area contributed by atoms with E-state index >= 15 is 0 Å². The average molecular weight is 579 g/mol. The minimum Gasteiger partial charge on any atom is -0.491 e. The van der Waals surface area contributed by atoms with E-state index in [-0.39, 0.29) is 17.8 Å². The summed E-state index contributed by atoms with van der Waals surface area (Å²) < 4.78 is 31.0. The van der Waals surface area contributed by atoms with Crippen molar-refractivity contribution in [2.75, 3.05) is 57.5 Å². The highest BCUT2D eigenvalue weighted by Gasteiger charge is 2.55. The van der Waals surface area contributed by atoms with E-state index in [0.717, 1.165) is 0 Å². The molecule has 1 atom stereocenters. The smallest absolute Gasteiger partial charge is 0.211 e. The fourth-order valence-corrected chi connectivity index (χ4v) is 6.33. The third kappa shape index (κ3) is 6.04. The topological polar surface area (TPSA) is 151 Å². The van der Waals surface area contributed by atoms with Crippen molar-refractivity contribution in [1.82, 2.24) is 19.6 Å². The van der Waals surface area contributed by atoms with Crippen LogP contribution in [0.5, 0.6) is 5.75 Å². The number of likely N-dealkylation sites (N-methyl/N-ethyl adjacent to an activating group) is 1. The molecule has 0 saturated carbocycles. The number of nitrogens with one attached hydrogen (secondary N) is 1. The van der Waals surface area contributed by atoms with Crippen LogP contribution in [-0.4, -0.2) is 92.3 Å². The van der Waals surface area contributed by atoms with Gasteiger partial charge in [-0.1, -0.05) is 11.6 Å². The second kappa shape index (κ2) is 11.0. The Bertz CT molecular complexity index is 1410. The zero-order valence-corrected chi connectivity index (χ0v) is 24.4. The van der Waals surface area contributed by atoms with Gasteiger partial charge in [0.2, 0.25) is 10.0 Å². The molecule has 2 saturated heterocycles. The predicted molar refractivity (Wildman–Crippen MR) is 151 cm³/mol. The number of benzene rings is 1. The molecule has 1 aromatic carbocycles. The maximum atomic E-state index is 12.6. The van der Waals surface area contributed by atoms with Crippen molar-refractivity contribution in [1.29, 1.82) is 0 Å². The Balaban J connectivity index is 1.72. The molecule has 11 nitrogen and oxygen atoms in total. The molecule has 0 bridgehead atoms. The first-order valence-electron chi connectivity index (χ1n) is 12.6. The van der Waals surface area contributed by atoms with Crippen LogP contribution in [0.15, 0.2) is 23.9 Å². The van der Waals surface area contributed by atoms with Crippen molar-refractivity contribution >= 4 is 38.8 Å². The lowest BCUT2D eigenvalue weighted by Gasteiger charge is -2.59. The maximum absolute atomic E-state index is 12.6. The summed E-state index contributed by atoms with van der Waals surface area (Å²) in [6, 6.07) is 5.07. The molecule has 3 heterocycles. The summed E-state index contributed by atoms with van der Waals surface area (Å²) in [6.07, 6.45) is 0.527. The number of sulfonamides is 1. The molecule has 39 heavy (non-hydrogen) atoms. The van der Waals surface area contributed by atoms with Crippen molar-refractivity contribution in [3.8, 4) is 17.1 Å². The van der Waals surface area contributed by atoms with Crippen LogP contribution in [0.2, 0.25) is 5.02 Å². The number of allylic oxidation sites excluding steroid dienone is 2. The van der Waals surface area contributed by atoms with E-state index in [2.05, 4.69) is 10.2 Å². The number of hydrogen-bond acceptors (Lipinski definition) is 10. The molecule has 0 amide bonds. The molecule has 1 spiro atoms. The summed E-state index contributed by atoms with van der Waals surface area (Å²) >= 11 is 6.58. The lowest BCUT2D eigenvalue weighted by molar-refractivity contribution is -0.111. The predicted octanol–water partition coefficient (Wildman–Crippen LogP) is 1.42. The van der Waals surface area contributed by atoms with Gasteiger partial charge in [0.15, 0.2) is 11.6 Å². The van der Waals surface area contributed by atoms with E-state index in [9.17, 15) is 18.3 Å². The number of Topliss-reactive ketones (excluding diaryl/α,β-unsaturated/α-hetero) is 1. The van der Waals surface area contributed by atoms with Crippen molar-refractivity contribution in [3.63, 3.8) is 0 Å². The zero-order valence-electron chi connectivity index (χ0n) is 22.8. The van der Waals surface area contributed by atoms with Crippen LogP contribution in [0.3, 0.4) is 0 Å². The van der Waals surface area contributed by atoms with Crippen LogP contribution in [0.1, 0.15) is 25.1 Å². The van der Waals surface area contributed by atoms with E-state index in [1.165, 1.54) is 17.5 Å². The van der Waals surface area contributed by atoms with Crippen molar-refractivity contribution in [2.24, 2.45) is 11.1 Å². The lowest BCUT2D eigenvalue weighted by atomic mass is 9.74. The quantitative estimate of drug-likeness (QED) is 0.353. The Hall–Kier alpha value is -2.77. The van der Waals surface area contributed by atoms with Gasteiger partial charge < -0.3 is 25.8 Å². The Labute approximate surface area is 234 Å². The minimum atomic E-state index is -3.22. The first-order valence-corrected chi connectivity index (χ1v) is 14.8. The summed E-state index contributed by atoms with van der Waals surface area (Å²) in [5.74, 6) is 1.18. The monoisotopic (exact) mass is 578 g/mol. The Kier molecular flexibility index (Phi) is 8.25. The van der Waals surface area contributed by atoms with Gasteiger partial charge in [0.1, 0.15) is 24.3 Å². The molecular weight excluding hydrogens is 544 g/mol. The molecule has 4 rings (SSSR count). The third-order valence-corrected chi connectivity index (χ3v) is 8.53. The van der Waals surface area contributed by atoms with Crippen LogP contribution in [0.4, 0.5) is 5.82 Å². The fourth-order valence-electron chi connectivity index (χ4n) is 5.11. The molecule has 1 aromatic heterocycles. The normalized spacial score (nSPS) is 18.3. The molecule has 2 fully saturated rings. The highest BCUT2D eigenvalue weighted by molar-refractivity contribution is 7.88. The highest BCUT2D eigenvalue weighted by Crippen LogP contribution is 2.44. The molecule has 2 aliphatic rings. The van der Waals surface area contributed by atoms with Crippen molar-refractivity contribution in [2.45, 2.75) is 26.9 Å². The van der Waals surface area contributed by atoms with Gasteiger partial charge in [-0.3, -0.25) is 4.79 Å². The molecule has 2 aromatic rings. The molecular formula is C26H35ClN6O5S. The number of hydrogen-bond donors (Lipinski definition) is 3. The standard InChI is InChI=1S/C26H35ClN6O5S/c1-15-23(22(16(2)28)17(3)34)30-24(20-8-19(6-7-21(20)27)38-10-18(35)9-29-4)31-25(15)32-11-26(12-32)13-33(14-26)39(5,36)37/h6-8,18,29,35H,9-14,28H2,1-5H3/t18-/m1/s1.